The normalized spacial score (nSPS) is 28.6. The van der Waals surface area contributed by atoms with Crippen LogP contribution in [0.3, 0.4) is 0 Å². The van der Waals surface area contributed by atoms with Gasteiger partial charge in [0.2, 0.25) is 0 Å². The van der Waals surface area contributed by atoms with Crippen molar-refractivity contribution in [2.75, 3.05) is 19.6 Å². The first-order valence-electron chi connectivity index (χ1n) is 6.72. The van der Waals surface area contributed by atoms with Crippen LogP contribution in [0.5, 0.6) is 0 Å². The van der Waals surface area contributed by atoms with Gasteiger partial charge in [-0.1, -0.05) is 33.6 Å². The minimum absolute atomic E-state index is 0.188. The van der Waals surface area contributed by atoms with Crippen LogP contribution in [0.1, 0.15) is 24.4 Å². The maximum atomic E-state index is 6.37. The highest BCUT2D eigenvalue weighted by Crippen LogP contribution is 2.34. The van der Waals surface area contributed by atoms with Gasteiger partial charge in [0.15, 0.2) is 0 Å². The van der Waals surface area contributed by atoms with Gasteiger partial charge in [-0.05, 0) is 30.5 Å². The Labute approximate surface area is 127 Å². The summed E-state index contributed by atoms with van der Waals surface area (Å²) in [7, 11) is 0. The van der Waals surface area contributed by atoms with Gasteiger partial charge in [0.25, 0.3) is 0 Å². The van der Waals surface area contributed by atoms with E-state index >= 15 is 0 Å². The second-order valence-electron chi connectivity index (χ2n) is 5.33. The lowest BCUT2D eigenvalue weighted by atomic mass is 10.0. The van der Waals surface area contributed by atoms with Crippen LogP contribution in [0.4, 0.5) is 0 Å². The van der Waals surface area contributed by atoms with Crippen LogP contribution in [0.2, 0.25) is 5.02 Å². The van der Waals surface area contributed by atoms with Crippen LogP contribution in [-0.2, 0) is 4.74 Å². The zero-order chi connectivity index (χ0) is 13.4. The molecule has 2 saturated heterocycles. The first-order chi connectivity index (χ1) is 9.17. The molecular formula is C14H18BrClN2O. The van der Waals surface area contributed by atoms with Gasteiger partial charge >= 0.3 is 0 Å². The summed E-state index contributed by atoms with van der Waals surface area (Å²) in [5.41, 5.74) is 7.12. The molecule has 104 valence electrons. The van der Waals surface area contributed by atoms with E-state index in [0.29, 0.717) is 18.8 Å². The molecule has 2 heterocycles. The van der Waals surface area contributed by atoms with E-state index in [0.717, 1.165) is 28.1 Å². The van der Waals surface area contributed by atoms with Crippen LogP contribution in [-0.4, -0.2) is 36.7 Å². The van der Waals surface area contributed by atoms with Crippen LogP contribution in [0, 0.1) is 0 Å². The smallest absolute Gasteiger partial charge is 0.0707 e. The molecular weight excluding hydrogens is 328 g/mol. The number of hydrogen-bond donors (Lipinski definition) is 1. The van der Waals surface area contributed by atoms with E-state index in [-0.39, 0.29) is 6.04 Å². The number of nitrogens with two attached hydrogens (primary N) is 1. The number of benzene rings is 1. The molecule has 2 N–H and O–H groups in total. The van der Waals surface area contributed by atoms with Gasteiger partial charge in [-0.2, -0.15) is 0 Å². The van der Waals surface area contributed by atoms with E-state index in [9.17, 15) is 0 Å². The molecule has 0 radical (unpaired) electrons. The van der Waals surface area contributed by atoms with E-state index in [1.54, 1.807) is 0 Å². The fourth-order valence-electron chi connectivity index (χ4n) is 3.15. The molecule has 19 heavy (non-hydrogen) atoms. The third kappa shape index (κ3) is 2.83. The maximum Gasteiger partial charge on any atom is 0.0707 e. The average molecular weight is 346 g/mol. The number of morpholine rings is 1. The Morgan fingerprint density at radius 1 is 1.37 bits per heavy atom. The number of hydrogen-bond acceptors (Lipinski definition) is 3. The Morgan fingerprint density at radius 3 is 2.63 bits per heavy atom. The Balaban J connectivity index is 1.83. The Kier molecular flexibility index (Phi) is 4.15. The number of nitrogens with zero attached hydrogens (tertiary/aromatic N) is 1. The number of halogens is 2. The van der Waals surface area contributed by atoms with Crippen molar-refractivity contribution in [2.45, 2.75) is 31.1 Å². The molecule has 2 aliphatic rings. The second-order valence-corrected chi connectivity index (χ2v) is 6.65. The molecule has 0 spiro atoms. The highest BCUT2D eigenvalue weighted by atomic mass is 79.9. The minimum Gasteiger partial charge on any atom is -0.372 e. The summed E-state index contributed by atoms with van der Waals surface area (Å²) in [6.45, 7) is 2.51. The SMILES string of the molecule is NCC(c1ccc(Br)cc1Cl)N1CC2CCC(C1)O2. The van der Waals surface area contributed by atoms with Gasteiger partial charge in [0.1, 0.15) is 0 Å². The first-order valence-corrected chi connectivity index (χ1v) is 7.89. The van der Waals surface area contributed by atoms with E-state index in [4.69, 9.17) is 22.1 Å². The zero-order valence-electron chi connectivity index (χ0n) is 10.7. The molecule has 1 aromatic carbocycles. The highest BCUT2D eigenvalue weighted by molar-refractivity contribution is 9.10. The van der Waals surface area contributed by atoms with Gasteiger partial charge in [0, 0.05) is 35.2 Å². The van der Waals surface area contributed by atoms with Crippen molar-refractivity contribution < 1.29 is 4.74 Å². The third-order valence-electron chi connectivity index (χ3n) is 4.06. The molecule has 0 amide bonds. The van der Waals surface area contributed by atoms with Crippen LogP contribution in [0.25, 0.3) is 0 Å². The molecule has 3 unspecified atom stereocenters. The summed E-state index contributed by atoms with van der Waals surface area (Å²) < 4.78 is 6.88. The molecule has 0 aliphatic carbocycles. The number of ether oxygens (including phenoxy) is 1. The molecule has 0 saturated carbocycles. The van der Waals surface area contributed by atoms with Crippen molar-refractivity contribution in [2.24, 2.45) is 5.73 Å². The summed E-state index contributed by atoms with van der Waals surface area (Å²) in [4.78, 5) is 2.43. The van der Waals surface area contributed by atoms with Crippen LogP contribution >= 0.6 is 27.5 Å². The third-order valence-corrected chi connectivity index (χ3v) is 4.88. The zero-order valence-corrected chi connectivity index (χ0v) is 13.0. The number of likely N-dealkylation sites (tertiary alicyclic amines) is 1. The van der Waals surface area contributed by atoms with Gasteiger partial charge in [-0.15, -0.1) is 0 Å². The summed E-state index contributed by atoms with van der Waals surface area (Å²) >= 11 is 9.81. The van der Waals surface area contributed by atoms with E-state index in [2.05, 4.69) is 26.9 Å². The Hall–Kier alpha value is -0.130. The van der Waals surface area contributed by atoms with Gasteiger partial charge in [-0.3, -0.25) is 4.90 Å². The summed E-state index contributed by atoms with van der Waals surface area (Å²) in [6, 6.07) is 6.22. The van der Waals surface area contributed by atoms with Crippen molar-refractivity contribution in [3.8, 4) is 0 Å². The predicted octanol–water partition coefficient (Wildman–Crippen LogP) is 2.97. The summed E-state index contributed by atoms with van der Waals surface area (Å²) in [6.07, 6.45) is 3.10. The summed E-state index contributed by atoms with van der Waals surface area (Å²) in [5, 5.41) is 0.781. The minimum atomic E-state index is 0.188. The average Bonchev–Trinajstić information content (AvgIpc) is 2.72. The van der Waals surface area contributed by atoms with Crippen LogP contribution < -0.4 is 5.73 Å². The monoisotopic (exact) mass is 344 g/mol. The quantitative estimate of drug-likeness (QED) is 0.915. The fourth-order valence-corrected chi connectivity index (χ4v) is 3.94. The summed E-state index contributed by atoms with van der Waals surface area (Å²) in [5.74, 6) is 0. The molecule has 0 aromatic heterocycles. The lowest BCUT2D eigenvalue weighted by Crippen LogP contribution is -2.46. The molecule has 2 bridgehead atoms. The second kappa shape index (κ2) is 5.70. The lowest BCUT2D eigenvalue weighted by molar-refractivity contribution is -0.0521. The molecule has 3 atom stereocenters. The van der Waals surface area contributed by atoms with Crippen molar-refractivity contribution in [1.82, 2.24) is 4.90 Å². The fraction of sp³-hybridized carbons (Fsp3) is 0.571. The molecule has 3 nitrogen and oxygen atoms in total. The van der Waals surface area contributed by atoms with Gasteiger partial charge in [-0.25, -0.2) is 0 Å². The van der Waals surface area contributed by atoms with Crippen LogP contribution in [0.15, 0.2) is 22.7 Å². The highest BCUT2D eigenvalue weighted by Gasteiger charge is 2.36. The molecule has 3 rings (SSSR count). The maximum absolute atomic E-state index is 6.37. The van der Waals surface area contributed by atoms with Crippen molar-refractivity contribution in [3.63, 3.8) is 0 Å². The van der Waals surface area contributed by atoms with E-state index in [1.165, 1.54) is 12.8 Å². The van der Waals surface area contributed by atoms with E-state index in [1.807, 2.05) is 12.1 Å². The topological polar surface area (TPSA) is 38.5 Å². The standard InChI is InChI=1S/C14H18BrClN2O/c15-9-1-4-12(13(16)5-9)14(6-17)18-7-10-2-3-11(8-18)19-10/h1,4-5,10-11,14H,2-3,6-8,17H2. The lowest BCUT2D eigenvalue weighted by Gasteiger charge is -2.38. The number of rotatable bonds is 3. The Bertz CT molecular complexity index is 459. The molecule has 5 heteroatoms. The molecule has 2 fully saturated rings. The van der Waals surface area contributed by atoms with Gasteiger partial charge in [0.05, 0.1) is 12.2 Å². The van der Waals surface area contributed by atoms with Crippen molar-refractivity contribution in [3.05, 3.63) is 33.3 Å². The predicted molar refractivity (Wildman–Crippen MR) is 80.4 cm³/mol. The van der Waals surface area contributed by atoms with E-state index < -0.39 is 0 Å². The molecule has 1 aromatic rings. The Morgan fingerprint density at radius 2 is 2.05 bits per heavy atom. The van der Waals surface area contributed by atoms with Crippen molar-refractivity contribution in [1.29, 1.82) is 0 Å². The molecule has 2 aliphatic heterocycles. The van der Waals surface area contributed by atoms with Crippen molar-refractivity contribution >= 4 is 27.5 Å². The largest absolute Gasteiger partial charge is 0.372 e. The van der Waals surface area contributed by atoms with Gasteiger partial charge < -0.3 is 10.5 Å². The number of fused-ring (bicyclic) bond motifs is 2. The first kappa shape index (κ1) is 13.8.